The zero-order chi connectivity index (χ0) is 20.0. The van der Waals surface area contributed by atoms with Crippen LogP contribution in [0, 0.1) is 5.41 Å². The third-order valence-corrected chi connectivity index (χ3v) is 9.82. The number of aliphatic imine (C=N–C) groups is 1. The minimum Gasteiger partial charge on any atom is -0.264 e. The van der Waals surface area contributed by atoms with Crippen molar-refractivity contribution in [1.29, 1.82) is 0 Å². The minimum atomic E-state index is -0.00255. The Morgan fingerprint density at radius 2 is 1.83 bits per heavy atom. The van der Waals surface area contributed by atoms with Crippen molar-refractivity contribution >= 4 is 44.8 Å². The Labute approximate surface area is 185 Å². The summed E-state index contributed by atoms with van der Waals surface area (Å²) >= 11 is 12.9. The van der Waals surface area contributed by atoms with E-state index in [1.807, 2.05) is 12.1 Å². The fourth-order valence-corrected chi connectivity index (χ4v) is 8.31. The van der Waals surface area contributed by atoms with Gasteiger partial charge in [0, 0.05) is 32.9 Å². The monoisotopic (exact) mass is 439 g/mol. The Morgan fingerprint density at radius 1 is 1.07 bits per heavy atom. The van der Waals surface area contributed by atoms with Gasteiger partial charge in [-0.2, -0.15) is 10.5 Å². The molecular weight excluding hydrogens is 417 g/mol. The lowest BCUT2D eigenvalue weighted by molar-refractivity contribution is 0.448. The molecule has 2 aliphatic heterocycles. The molecule has 1 nitrogen and oxygen atoms in total. The van der Waals surface area contributed by atoms with E-state index in [9.17, 15) is 0 Å². The first-order valence-electron chi connectivity index (χ1n) is 10.0. The number of rotatable bonds is 3. The third kappa shape index (κ3) is 3.26. The first kappa shape index (κ1) is 19.4. The van der Waals surface area contributed by atoms with Crippen LogP contribution in [0.4, 0.5) is 0 Å². The van der Waals surface area contributed by atoms with Gasteiger partial charge >= 0.3 is 0 Å². The Hall–Kier alpha value is -1.61. The van der Waals surface area contributed by atoms with Gasteiger partial charge in [-0.25, -0.2) is 0 Å². The maximum Gasteiger partial charge on any atom is 0.0525 e. The fraction of sp³-hybridized carbons (Fsp3) is 0.280. The Balaban J connectivity index is 1.62. The molecule has 0 saturated heterocycles. The van der Waals surface area contributed by atoms with Crippen LogP contribution < -0.4 is 0 Å². The number of hydrogen-bond donors (Lipinski definition) is 0. The second-order valence-corrected chi connectivity index (χ2v) is 11.2. The van der Waals surface area contributed by atoms with Crippen LogP contribution in [-0.2, 0) is 6.42 Å². The Kier molecular flexibility index (Phi) is 5.06. The molecule has 4 atom stereocenters. The molecule has 0 aromatic heterocycles. The van der Waals surface area contributed by atoms with E-state index < -0.39 is 0 Å². The van der Waals surface area contributed by atoms with E-state index in [2.05, 4.69) is 67.1 Å². The highest BCUT2D eigenvalue weighted by Gasteiger charge is 2.51. The van der Waals surface area contributed by atoms with Crippen molar-refractivity contribution in [2.75, 3.05) is 6.26 Å². The van der Waals surface area contributed by atoms with Crippen LogP contribution in [0.5, 0.6) is 0 Å². The van der Waals surface area contributed by atoms with Crippen LogP contribution in [0.25, 0.3) is 0 Å². The Morgan fingerprint density at radius 3 is 2.62 bits per heavy atom. The van der Waals surface area contributed by atoms with Crippen molar-refractivity contribution in [2.45, 2.75) is 30.4 Å². The maximum absolute atomic E-state index is 6.52. The molecule has 0 N–H and O–H groups in total. The van der Waals surface area contributed by atoms with Crippen molar-refractivity contribution in [2.24, 2.45) is 10.4 Å². The van der Waals surface area contributed by atoms with Crippen LogP contribution >= 0.6 is 33.7 Å². The second kappa shape index (κ2) is 7.58. The molecule has 0 amide bonds. The summed E-state index contributed by atoms with van der Waals surface area (Å²) in [5.41, 5.74) is 3.73. The average Bonchev–Trinajstić information content (AvgIpc) is 3.02. The van der Waals surface area contributed by atoms with Gasteiger partial charge in [-0.05, 0) is 53.7 Å². The number of halogens is 2. The lowest BCUT2D eigenvalue weighted by Gasteiger charge is -2.40. The zero-order valence-electron chi connectivity index (χ0n) is 16.3. The van der Waals surface area contributed by atoms with Crippen LogP contribution in [0.2, 0.25) is 5.02 Å². The first-order valence-corrected chi connectivity index (χ1v) is 12.5. The number of allylic oxidation sites excluding steroid dienone is 4. The highest BCUT2D eigenvalue weighted by Crippen LogP contribution is 2.58. The highest BCUT2D eigenvalue weighted by atomic mass is 35.5. The predicted octanol–water partition coefficient (Wildman–Crippen LogP) is 6.99. The molecule has 0 bridgehead atoms. The number of hydrogen-bond acceptors (Lipinski definition) is 1. The quantitative estimate of drug-likeness (QED) is 0.456. The lowest BCUT2D eigenvalue weighted by Crippen LogP contribution is -2.38. The smallest absolute Gasteiger partial charge is 0.0525 e. The molecule has 2 aromatic rings. The van der Waals surface area contributed by atoms with Crippen molar-refractivity contribution in [1.82, 2.24) is 0 Å². The topological polar surface area (TPSA) is 12.4 Å². The number of nitrogens with zero attached hydrogens (tertiary/aromatic N) is 1. The summed E-state index contributed by atoms with van der Waals surface area (Å²) in [7, 11) is 0.148. The zero-order valence-corrected chi connectivity index (χ0v) is 18.6. The van der Waals surface area contributed by atoms with E-state index in [-0.39, 0.29) is 21.8 Å². The standard InChI is InChI=1S/C25H23Cl2NS/c1-29-20(13-18-9-5-6-10-22(18)27)15-25-12-11-19(26)14-23(25)28-16-21(24(25)29)17-7-3-2-4-8-17/h2-11,14,16,20-21H,12-13,15H2,1H3. The second-order valence-electron chi connectivity index (χ2n) is 8.11. The van der Waals surface area contributed by atoms with Gasteiger partial charge in [-0.3, -0.25) is 4.99 Å². The van der Waals surface area contributed by atoms with Crippen molar-refractivity contribution in [3.63, 3.8) is 0 Å². The van der Waals surface area contributed by atoms with Crippen LogP contribution in [-0.4, -0.2) is 22.6 Å². The van der Waals surface area contributed by atoms with Gasteiger partial charge in [0.25, 0.3) is 0 Å². The normalized spacial score (nSPS) is 30.4. The molecule has 4 heteroatoms. The summed E-state index contributed by atoms with van der Waals surface area (Å²) in [6.07, 6.45) is 11.9. The van der Waals surface area contributed by atoms with Gasteiger partial charge in [-0.15, -0.1) is 0 Å². The molecule has 148 valence electrons. The number of benzene rings is 2. The van der Waals surface area contributed by atoms with Gasteiger partial charge in [0.05, 0.1) is 5.70 Å². The SMILES string of the molecule is CS1=C2C(c3ccccc3)C=NC3=CC(Cl)=CCC32CC1Cc1ccccc1Cl. The molecule has 0 fully saturated rings. The summed E-state index contributed by atoms with van der Waals surface area (Å²) in [5, 5.41) is 2.25. The molecule has 2 heterocycles. The summed E-state index contributed by atoms with van der Waals surface area (Å²) in [4.78, 5) is 6.58. The summed E-state index contributed by atoms with van der Waals surface area (Å²) < 4.78 is 0. The van der Waals surface area contributed by atoms with Gasteiger partial charge in [-0.1, -0.05) is 77.8 Å². The van der Waals surface area contributed by atoms with E-state index in [1.165, 1.54) is 11.1 Å². The largest absolute Gasteiger partial charge is 0.264 e. The van der Waals surface area contributed by atoms with E-state index in [4.69, 9.17) is 28.2 Å². The summed E-state index contributed by atoms with van der Waals surface area (Å²) in [6.45, 7) is 0. The average molecular weight is 440 g/mol. The molecule has 1 aliphatic carbocycles. The molecule has 5 rings (SSSR count). The van der Waals surface area contributed by atoms with Crippen molar-refractivity contribution in [3.05, 3.63) is 93.6 Å². The van der Waals surface area contributed by atoms with Gasteiger partial charge < -0.3 is 0 Å². The maximum atomic E-state index is 6.52. The van der Waals surface area contributed by atoms with Crippen LogP contribution in [0.1, 0.15) is 29.9 Å². The van der Waals surface area contributed by atoms with Crippen molar-refractivity contribution in [3.8, 4) is 0 Å². The van der Waals surface area contributed by atoms with E-state index in [0.717, 1.165) is 35.0 Å². The summed E-state index contributed by atoms with van der Waals surface area (Å²) in [5.74, 6) is 0.267. The highest BCUT2D eigenvalue weighted by molar-refractivity contribution is 8.16. The lowest BCUT2D eigenvalue weighted by atomic mass is 9.66. The van der Waals surface area contributed by atoms with E-state index >= 15 is 0 Å². The molecule has 2 aromatic carbocycles. The predicted molar refractivity (Wildman–Crippen MR) is 129 cm³/mol. The van der Waals surface area contributed by atoms with Gasteiger partial charge in [0.15, 0.2) is 0 Å². The molecule has 0 radical (unpaired) electrons. The van der Waals surface area contributed by atoms with Crippen LogP contribution in [0.3, 0.4) is 0 Å². The van der Waals surface area contributed by atoms with Crippen molar-refractivity contribution < 1.29 is 0 Å². The molecule has 1 spiro atoms. The summed E-state index contributed by atoms with van der Waals surface area (Å²) in [6, 6.07) is 19.1. The van der Waals surface area contributed by atoms with E-state index in [0.29, 0.717) is 5.25 Å². The molecule has 4 unspecified atom stereocenters. The molecule has 3 aliphatic rings. The molecule has 0 saturated carbocycles. The fourth-order valence-electron chi connectivity index (χ4n) is 5.11. The Bertz CT molecular complexity index is 1080. The van der Waals surface area contributed by atoms with Gasteiger partial charge in [0.2, 0.25) is 0 Å². The minimum absolute atomic E-state index is 0.00255. The first-order chi connectivity index (χ1) is 14.1. The molecular formula is C25H23Cl2NS. The van der Waals surface area contributed by atoms with E-state index in [1.54, 1.807) is 4.86 Å². The van der Waals surface area contributed by atoms with Gasteiger partial charge in [0.1, 0.15) is 0 Å². The third-order valence-electron chi connectivity index (χ3n) is 6.51. The molecule has 29 heavy (non-hydrogen) atoms. The van der Waals surface area contributed by atoms with Crippen LogP contribution in [0.15, 0.2) is 82.5 Å².